The molecule has 0 saturated carbocycles. The first-order valence-electron chi connectivity index (χ1n) is 10.4. The summed E-state index contributed by atoms with van der Waals surface area (Å²) >= 11 is 0. The van der Waals surface area contributed by atoms with E-state index in [-0.39, 0.29) is 29.9 Å². The second-order valence-electron chi connectivity index (χ2n) is 7.28. The predicted molar refractivity (Wildman–Crippen MR) is 120 cm³/mol. The van der Waals surface area contributed by atoms with E-state index in [0.29, 0.717) is 0 Å². The van der Waals surface area contributed by atoms with Gasteiger partial charge >= 0.3 is 17.9 Å². The molecular weight excluding hydrogens is 424 g/mol. The Morgan fingerprint density at radius 3 is 1.82 bits per heavy atom. The van der Waals surface area contributed by atoms with Crippen molar-refractivity contribution < 1.29 is 33.7 Å². The highest BCUT2D eigenvalue weighted by Crippen LogP contribution is 2.18. The van der Waals surface area contributed by atoms with Crippen LogP contribution >= 0.6 is 0 Å². The zero-order chi connectivity index (χ0) is 23.6. The summed E-state index contributed by atoms with van der Waals surface area (Å²) < 4.78 is 15.8. The van der Waals surface area contributed by atoms with Gasteiger partial charge in [0.25, 0.3) is 0 Å². The van der Waals surface area contributed by atoms with Crippen LogP contribution in [0.4, 0.5) is 0 Å². The van der Waals surface area contributed by atoms with E-state index in [4.69, 9.17) is 14.2 Å². The van der Waals surface area contributed by atoms with E-state index >= 15 is 0 Å². The first-order valence-corrected chi connectivity index (χ1v) is 10.4. The van der Waals surface area contributed by atoms with E-state index in [2.05, 4.69) is 0 Å². The largest absolute Gasteiger partial charge is 0.457 e. The Bertz CT molecular complexity index is 1090. The van der Waals surface area contributed by atoms with Gasteiger partial charge in [-0.1, -0.05) is 60.7 Å². The Morgan fingerprint density at radius 2 is 1.27 bits per heavy atom. The summed E-state index contributed by atoms with van der Waals surface area (Å²) in [5.74, 6) is -2.26. The number of esters is 3. The number of benzene rings is 3. The van der Waals surface area contributed by atoms with E-state index in [1.807, 2.05) is 48.5 Å². The molecule has 0 amide bonds. The summed E-state index contributed by atoms with van der Waals surface area (Å²) in [6.07, 6.45) is -0.792. The molecule has 0 aliphatic rings. The lowest BCUT2D eigenvalue weighted by Crippen LogP contribution is -2.21. The normalized spacial score (nSPS) is 11.3. The fraction of sp³-hybridized carbons (Fsp3) is 0.192. The molecular formula is C26H24O7. The molecule has 7 heteroatoms. The molecule has 3 aromatic rings. The summed E-state index contributed by atoms with van der Waals surface area (Å²) in [5, 5.41) is 9.20. The smallest absolute Gasteiger partial charge is 0.339 e. The zero-order valence-corrected chi connectivity index (χ0v) is 18.1. The molecule has 1 unspecified atom stereocenters. The number of hydrogen-bond acceptors (Lipinski definition) is 7. The predicted octanol–water partition coefficient (Wildman–Crippen LogP) is 3.94. The molecule has 7 nitrogen and oxygen atoms in total. The molecule has 0 heterocycles. The van der Waals surface area contributed by atoms with Crippen LogP contribution in [0.2, 0.25) is 0 Å². The first kappa shape index (κ1) is 23.7. The van der Waals surface area contributed by atoms with E-state index < -0.39 is 30.6 Å². The minimum absolute atomic E-state index is 0.0159. The van der Waals surface area contributed by atoms with E-state index in [0.717, 1.165) is 11.1 Å². The van der Waals surface area contributed by atoms with Gasteiger partial charge in [0.05, 0.1) is 23.3 Å². The van der Waals surface area contributed by atoms with Gasteiger partial charge in [0.15, 0.2) is 0 Å². The second-order valence-corrected chi connectivity index (χ2v) is 7.28. The third kappa shape index (κ3) is 6.75. The number of ether oxygens (including phenoxy) is 3. The molecule has 3 aromatic carbocycles. The van der Waals surface area contributed by atoms with Gasteiger partial charge in [-0.05, 0) is 36.2 Å². The number of carbonyl (C=O) groups excluding carboxylic acids is 3. The Hall–Kier alpha value is -3.97. The van der Waals surface area contributed by atoms with Crippen molar-refractivity contribution in [1.29, 1.82) is 0 Å². The van der Waals surface area contributed by atoms with Crippen LogP contribution in [-0.2, 0) is 27.4 Å². The van der Waals surface area contributed by atoms with Crippen LogP contribution in [0.1, 0.15) is 49.1 Å². The summed E-state index contributed by atoms with van der Waals surface area (Å²) in [4.78, 5) is 37.9. The average Bonchev–Trinajstić information content (AvgIpc) is 2.86. The van der Waals surface area contributed by atoms with Crippen molar-refractivity contribution in [3.63, 3.8) is 0 Å². The van der Waals surface area contributed by atoms with Crippen LogP contribution in [0, 0.1) is 0 Å². The quantitative estimate of drug-likeness (QED) is 0.391. The van der Waals surface area contributed by atoms with E-state index in [9.17, 15) is 19.5 Å². The molecule has 0 radical (unpaired) electrons. The molecule has 1 N–H and O–H groups in total. The minimum Gasteiger partial charge on any atom is -0.457 e. The third-order valence-corrected chi connectivity index (χ3v) is 4.69. The summed E-state index contributed by atoms with van der Waals surface area (Å²) in [7, 11) is 0. The lowest BCUT2D eigenvalue weighted by Gasteiger charge is -2.14. The highest BCUT2D eigenvalue weighted by molar-refractivity contribution is 6.05. The van der Waals surface area contributed by atoms with Crippen molar-refractivity contribution in [3.05, 3.63) is 107 Å². The number of aliphatic hydroxyl groups is 1. The summed E-state index contributed by atoms with van der Waals surface area (Å²) in [6, 6.07) is 22.2. The fourth-order valence-corrected chi connectivity index (χ4v) is 2.91. The van der Waals surface area contributed by atoms with Crippen molar-refractivity contribution in [2.45, 2.75) is 26.2 Å². The van der Waals surface area contributed by atoms with Crippen LogP contribution < -0.4 is 0 Å². The van der Waals surface area contributed by atoms with Crippen molar-refractivity contribution in [1.82, 2.24) is 0 Å². The maximum Gasteiger partial charge on any atom is 0.339 e. The molecule has 0 saturated heterocycles. The third-order valence-electron chi connectivity index (χ3n) is 4.69. The molecule has 0 bridgehead atoms. The number of rotatable bonds is 9. The lowest BCUT2D eigenvalue weighted by molar-refractivity contribution is 0.0189. The van der Waals surface area contributed by atoms with Gasteiger partial charge in [-0.15, -0.1) is 0 Å². The Kier molecular flexibility index (Phi) is 8.32. The molecule has 3 rings (SSSR count). The van der Waals surface area contributed by atoms with Crippen molar-refractivity contribution >= 4 is 17.9 Å². The maximum absolute atomic E-state index is 12.7. The number of carbonyl (C=O) groups is 3. The molecule has 0 fully saturated rings. The second kappa shape index (κ2) is 11.6. The summed E-state index contributed by atoms with van der Waals surface area (Å²) in [5.41, 5.74) is 1.46. The van der Waals surface area contributed by atoms with E-state index in [1.54, 1.807) is 12.1 Å². The van der Waals surface area contributed by atoms with Crippen LogP contribution in [0.5, 0.6) is 0 Å². The van der Waals surface area contributed by atoms with Crippen LogP contribution in [0.25, 0.3) is 0 Å². The van der Waals surface area contributed by atoms with Gasteiger partial charge in [0.2, 0.25) is 0 Å². The highest BCUT2D eigenvalue weighted by atomic mass is 16.6. The highest BCUT2D eigenvalue weighted by Gasteiger charge is 2.23. The Morgan fingerprint density at radius 1 is 0.727 bits per heavy atom. The minimum atomic E-state index is -0.860. The van der Waals surface area contributed by atoms with Gasteiger partial charge in [0, 0.05) is 0 Å². The van der Waals surface area contributed by atoms with E-state index in [1.165, 1.54) is 25.1 Å². The molecule has 170 valence electrons. The van der Waals surface area contributed by atoms with Crippen molar-refractivity contribution in [3.8, 4) is 0 Å². The SMILES string of the molecule is CC(CO)OC(=O)c1cc(C(=O)OCc2ccccc2)ccc1C(=O)OCc1ccccc1. The molecule has 0 aromatic heterocycles. The van der Waals surface area contributed by atoms with Gasteiger partial charge < -0.3 is 19.3 Å². The topological polar surface area (TPSA) is 99.1 Å². The monoisotopic (exact) mass is 448 g/mol. The molecule has 0 aliphatic carbocycles. The zero-order valence-electron chi connectivity index (χ0n) is 18.1. The Balaban J connectivity index is 1.80. The average molecular weight is 448 g/mol. The standard InChI is InChI=1S/C26H24O7/c1-18(15-27)33-26(30)23-14-21(24(28)31-16-19-8-4-2-5-9-19)12-13-22(23)25(29)32-17-20-10-6-3-7-11-20/h2-14,18,27H,15-17H2,1H3. The first-order chi connectivity index (χ1) is 16.0. The van der Waals surface area contributed by atoms with Gasteiger partial charge in [-0.2, -0.15) is 0 Å². The van der Waals surface area contributed by atoms with Crippen LogP contribution in [0.15, 0.2) is 78.9 Å². The van der Waals surface area contributed by atoms with Gasteiger partial charge in [-0.3, -0.25) is 0 Å². The van der Waals surface area contributed by atoms with Crippen molar-refractivity contribution in [2.75, 3.05) is 6.61 Å². The maximum atomic E-state index is 12.7. The fourth-order valence-electron chi connectivity index (χ4n) is 2.91. The lowest BCUT2D eigenvalue weighted by atomic mass is 10.0. The van der Waals surface area contributed by atoms with Crippen LogP contribution in [-0.4, -0.2) is 35.7 Å². The Labute approximate surface area is 191 Å². The van der Waals surface area contributed by atoms with Crippen molar-refractivity contribution in [2.24, 2.45) is 0 Å². The van der Waals surface area contributed by atoms with Gasteiger partial charge in [-0.25, -0.2) is 14.4 Å². The summed E-state index contributed by atoms with van der Waals surface area (Å²) in [6.45, 7) is 1.19. The molecule has 0 spiro atoms. The number of hydrogen-bond donors (Lipinski definition) is 1. The molecule has 0 aliphatic heterocycles. The molecule has 1 atom stereocenters. The van der Waals surface area contributed by atoms with Crippen LogP contribution in [0.3, 0.4) is 0 Å². The molecule has 33 heavy (non-hydrogen) atoms. The van der Waals surface area contributed by atoms with Gasteiger partial charge in [0.1, 0.15) is 19.3 Å². The number of aliphatic hydroxyl groups excluding tert-OH is 1.